The molecular formula is C13H8ClF3N2O2. The Morgan fingerprint density at radius 3 is 2.52 bits per heavy atom. The minimum atomic E-state index is -4.83. The van der Waals surface area contributed by atoms with Crippen LogP contribution in [-0.2, 0) is 17.5 Å². The number of esters is 1. The summed E-state index contributed by atoms with van der Waals surface area (Å²) in [5, 5.41) is -0.595. The topological polar surface area (TPSA) is 52.1 Å². The third-order valence-electron chi connectivity index (χ3n) is 2.46. The zero-order valence-electron chi connectivity index (χ0n) is 10.4. The highest BCUT2D eigenvalue weighted by molar-refractivity contribution is 6.28. The van der Waals surface area contributed by atoms with Crippen molar-refractivity contribution in [3.05, 3.63) is 58.6 Å². The van der Waals surface area contributed by atoms with E-state index in [0.29, 0.717) is 11.8 Å². The van der Waals surface area contributed by atoms with Crippen LogP contribution in [0, 0.1) is 0 Å². The summed E-state index contributed by atoms with van der Waals surface area (Å²) in [6, 6.07) is 8.55. The smallest absolute Gasteiger partial charge is 0.434 e. The van der Waals surface area contributed by atoms with Gasteiger partial charge in [-0.2, -0.15) is 13.2 Å². The molecule has 0 bridgehead atoms. The third-order valence-corrected chi connectivity index (χ3v) is 2.64. The molecular weight excluding hydrogens is 309 g/mol. The third kappa shape index (κ3) is 3.91. The Hall–Kier alpha value is -2.15. The van der Waals surface area contributed by atoms with E-state index in [-0.39, 0.29) is 6.61 Å². The fraction of sp³-hybridized carbons (Fsp3) is 0.154. The van der Waals surface area contributed by atoms with E-state index in [1.54, 1.807) is 30.3 Å². The van der Waals surface area contributed by atoms with Gasteiger partial charge in [0.2, 0.25) is 5.28 Å². The number of benzene rings is 1. The second-order valence-corrected chi connectivity index (χ2v) is 4.30. The molecule has 110 valence electrons. The highest BCUT2D eigenvalue weighted by atomic mass is 35.5. The molecule has 2 aromatic rings. The Labute approximate surface area is 122 Å². The molecule has 0 aliphatic heterocycles. The summed E-state index contributed by atoms with van der Waals surface area (Å²) in [6.45, 7) is -0.153. The first-order valence-electron chi connectivity index (χ1n) is 5.68. The number of ether oxygens (including phenoxy) is 1. The van der Waals surface area contributed by atoms with Crippen LogP contribution in [0.4, 0.5) is 13.2 Å². The van der Waals surface area contributed by atoms with Gasteiger partial charge >= 0.3 is 12.1 Å². The maximum Gasteiger partial charge on any atom is 0.434 e. The van der Waals surface area contributed by atoms with Crippen molar-refractivity contribution in [2.45, 2.75) is 12.8 Å². The van der Waals surface area contributed by atoms with Gasteiger partial charge in [0.15, 0.2) is 5.69 Å². The Kier molecular flexibility index (Phi) is 4.42. The van der Waals surface area contributed by atoms with E-state index < -0.39 is 28.7 Å². The summed E-state index contributed by atoms with van der Waals surface area (Å²) in [5.41, 5.74) is -1.54. The zero-order chi connectivity index (χ0) is 15.5. The fourth-order valence-electron chi connectivity index (χ4n) is 1.53. The quantitative estimate of drug-likeness (QED) is 0.642. The Balaban J connectivity index is 2.20. The summed E-state index contributed by atoms with van der Waals surface area (Å²) in [4.78, 5) is 18.2. The number of aromatic nitrogens is 2. The van der Waals surface area contributed by atoms with Crippen molar-refractivity contribution in [2.75, 3.05) is 0 Å². The molecule has 8 heteroatoms. The zero-order valence-corrected chi connectivity index (χ0v) is 11.1. The monoisotopic (exact) mass is 316 g/mol. The molecule has 0 fully saturated rings. The average molecular weight is 317 g/mol. The number of hydrogen-bond donors (Lipinski definition) is 0. The predicted octanol–water partition coefficient (Wildman–Crippen LogP) is 3.51. The lowest BCUT2D eigenvalue weighted by Gasteiger charge is -2.11. The summed E-state index contributed by atoms with van der Waals surface area (Å²) < 4.78 is 43.2. The summed E-state index contributed by atoms with van der Waals surface area (Å²) in [6.07, 6.45) is -4.13. The van der Waals surface area contributed by atoms with Gasteiger partial charge in [-0.05, 0) is 17.2 Å². The molecule has 0 unspecified atom stereocenters. The lowest BCUT2D eigenvalue weighted by atomic mass is 10.2. The molecule has 1 aromatic carbocycles. The van der Waals surface area contributed by atoms with Crippen LogP contribution in [0.5, 0.6) is 0 Å². The van der Waals surface area contributed by atoms with Gasteiger partial charge in [-0.3, -0.25) is 0 Å². The Morgan fingerprint density at radius 2 is 1.90 bits per heavy atom. The molecule has 0 N–H and O–H groups in total. The van der Waals surface area contributed by atoms with Crippen LogP contribution in [-0.4, -0.2) is 15.9 Å². The summed E-state index contributed by atoms with van der Waals surface area (Å²) in [5.74, 6) is -1.16. The van der Waals surface area contributed by atoms with E-state index >= 15 is 0 Å². The molecule has 2 rings (SSSR count). The first-order chi connectivity index (χ1) is 9.88. The molecule has 1 heterocycles. The second kappa shape index (κ2) is 6.09. The predicted molar refractivity (Wildman–Crippen MR) is 67.6 cm³/mol. The molecule has 0 atom stereocenters. The lowest BCUT2D eigenvalue weighted by molar-refractivity contribution is -0.141. The van der Waals surface area contributed by atoms with Gasteiger partial charge in [0, 0.05) is 6.20 Å². The van der Waals surface area contributed by atoms with Crippen LogP contribution in [0.1, 0.15) is 21.6 Å². The second-order valence-electron chi connectivity index (χ2n) is 3.96. The van der Waals surface area contributed by atoms with Crippen LogP contribution in [0.15, 0.2) is 36.5 Å². The first-order valence-corrected chi connectivity index (χ1v) is 6.06. The maximum atomic E-state index is 12.8. The van der Waals surface area contributed by atoms with Crippen molar-refractivity contribution < 1.29 is 22.7 Å². The minimum absolute atomic E-state index is 0.153. The van der Waals surface area contributed by atoms with Crippen LogP contribution in [0.25, 0.3) is 0 Å². The molecule has 0 aliphatic rings. The molecule has 4 nitrogen and oxygen atoms in total. The maximum absolute atomic E-state index is 12.8. The minimum Gasteiger partial charge on any atom is -0.457 e. The van der Waals surface area contributed by atoms with Crippen molar-refractivity contribution >= 4 is 17.6 Å². The van der Waals surface area contributed by atoms with Crippen molar-refractivity contribution in [1.82, 2.24) is 9.97 Å². The van der Waals surface area contributed by atoms with E-state index in [0.717, 1.165) is 0 Å². The van der Waals surface area contributed by atoms with Gasteiger partial charge in [-0.15, -0.1) is 0 Å². The molecule has 0 saturated carbocycles. The largest absolute Gasteiger partial charge is 0.457 e. The summed E-state index contributed by atoms with van der Waals surface area (Å²) >= 11 is 5.33. The highest BCUT2D eigenvalue weighted by Gasteiger charge is 2.38. The van der Waals surface area contributed by atoms with Gasteiger partial charge < -0.3 is 4.74 Å². The molecule has 1 aromatic heterocycles. The SMILES string of the molecule is O=C(OCc1ccccc1)c1cnc(Cl)nc1C(F)(F)F. The lowest BCUT2D eigenvalue weighted by Crippen LogP contribution is -2.18. The number of rotatable bonds is 3. The fourth-order valence-corrected chi connectivity index (χ4v) is 1.66. The number of halogens is 4. The number of nitrogens with zero attached hydrogens (tertiary/aromatic N) is 2. The highest BCUT2D eigenvalue weighted by Crippen LogP contribution is 2.31. The molecule has 0 amide bonds. The van der Waals surface area contributed by atoms with Crippen molar-refractivity contribution in [3.8, 4) is 0 Å². The summed E-state index contributed by atoms with van der Waals surface area (Å²) in [7, 11) is 0. The number of hydrogen-bond acceptors (Lipinski definition) is 4. The van der Waals surface area contributed by atoms with Gasteiger partial charge in [0.05, 0.1) is 0 Å². The molecule has 21 heavy (non-hydrogen) atoms. The van der Waals surface area contributed by atoms with Crippen LogP contribution < -0.4 is 0 Å². The number of carbonyl (C=O) groups excluding carboxylic acids is 1. The van der Waals surface area contributed by atoms with E-state index in [4.69, 9.17) is 16.3 Å². The molecule has 0 spiro atoms. The van der Waals surface area contributed by atoms with Crippen LogP contribution >= 0.6 is 11.6 Å². The Morgan fingerprint density at radius 1 is 1.24 bits per heavy atom. The van der Waals surface area contributed by atoms with Crippen molar-refractivity contribution in [2.24, 2.45) is 0 Å². The molecule has 0 saturated heterocycles. The molecule has 0 radical (unpaired) electrons. The average Bonchev–Trinajstić information content (AvgIpc) is 2.45. The van der Waals surface area contributed by atoms with Gasteiger partial charge in [-0.25, -0.2) is 14.8 Å². The van der Waals surface area contributed by atoms with E-state index in [9.17, 15) is 18.0 Å². The van der Waals surface area contributed by atoms with Gasteiger partial charge in [0.1, 0.15) is 12.2 Å². The first kappa shape index (κ1) is 15.2. The van der Waals surface area contributed by atoms with E-state index in [2.05, 4.69) is 9.97 Å². The standard InChI is InChI=1S/C13H8ClF3N2O2/c14-12-18-6-9(10(19-12)13(15,16)17)11(20)21-7-8-4-2-1-3-5-8/h1-6H,7H2. The normalized spacial score (nSPS) is 11.2. The number of alkyl halides is 3. The van der Waals surface area contributed by atoms with Gasteiger partial charge in [-0.1, -0.05) is 30.3 Å². The van der Waals surface area contributed by atoms with E-state index in [1.165, 1.54) is 0 Å². The van der Waals surface area contributed by atoms with Crippen molar-refractivity contribution in [3.63, 3.8) is 0 Å². The Bertz CT molecular complexity index is 648. The number of carbonyl (C=O) groups is 1. The van der Waals surface area contributed by atoms with E-state index in [1.807, 2.05) is 0 Å². The van der Waals surface area contributed by atoms with Crippen LogP contribution in [0.2, 0.25) is 5.28 Å². The molecule has 0 aliphatic carbocycles. The van der Waals surface area contributed by atoms with Crippen molar-refractivity contribution in [1.29, 1.82) is 0 Å². The van der Waals surface area contributed by atoms with Crippen LogP contribution in [0.3, 0.4) is 0 Å². The van der Waals surface area contributed by atoms with Gasteiger partial charge in [0.25, 0.3) is 0 Å².